The molecular weight excluding hydrogens is 208 g/mol. The molecule has 0 aromatic heterocycles. The summed E-state index contributed by atoms with van der Waals surface area (Å²) in [6.45, 7) is 2.22. The predicted octanol–water partition coefficient (Wildman–Crippen LogP) is 1.48. The Balaban J connectivity index is 2.24. The van der Waals surface area contributed by atoms with E-state index < -0.39 is 5.97 Å². The average molecular weight is 228 g/mol. The Morgan fingerprint density at radius 3 is 2.44 bits per heavy atom. The summed E-state index contributed by atoms with van der Waals surface area (Å²) in [6.07, 6.45) is 5.48. The smallest absolute Gasteiger partial charge is 0.315 e. The van der Waals surface area contributed by atoms with Crippen LogP contribution in [0.15, 0.2) is 0 Å². The van der Waals surface area contributed by atoms with Gasteiger partial charge in [0.1, 0.15) is 0 Å². The van der Waals surface area contributed by atoms with Crippen molar-refractivity contribution in [2.45, 2.75) is 51.0 Å². The SMILES string of the molecule is CC1(NC(=O)NCCC(=O)O)CCCCC1. The van der Waals surface area contributed by atoms with Crippen LogP contribution in [-0.2, 0) is 4.79 Å². The molecule has 0 heterocycles. The summed E-state index contributed by atoms with van der Waals surface area (Å²) in [5.41, 5.74) is -0.119. The molecule has 0 unspecified atom stereocenters. The molecular formula is C11H20N2O3. The van der Waals surface area contributed by atoms with E-state index in [1.165, 1.54) is 6.42 Å². The number of aliphatic carboxylic acids is 1. The molecule has 0 spiro atoms. The predicted molar refractivity (Wildman–Crippen MR) is 60.3 cm³/mol. The quantitative estimate of drug-likeness (QED) is 0.682. The number of carboxylic acids is 1. The zero-order valence-corrected chi connectivity index (χ0v) is 9.71. The van der Waals surface area contributed by atoms with Crippen LogP contribution in [0, 0.1) is 0 Å². The maximum atomic E-state index is 11.5. The fraction of sp³-hybridized carbons (Fsp3) is 0.818. The third kappa shape index (κ3) is 4.51. The van der Waals surface area contributed by atoms with Crippen LogP contribution in [0.2, 0.25) is 0 Å². The topological polar surface area (TPSA) is 78.4 Å². The minimum absolute atomic E-state index is 0.0376. The maximum Gasteiger partial charge on any atom is 0.315 e. The summed E-state index contributed by atoms with van der Waals surface area (Å²) in [5.74, 6) is -0.899. The molecule has 2 amide bonds. The van der Waals surface area contributed by atoms with Crippen molar-refractivity contribution in [1.29, 1.82) is 0 Å². The number of carboxylic acid groups (broad SMARTS) is 1. The number of rotatable bonds is 4. The van der Waals surface area contributed by atoms with Gasteiger partial charge in [0, 0.05) is 12.1 Å². The van der Waals surface area contributed by atoms with E-state index in [1.54, 1.807) is 0 Å². The number of carbonyl (C=O) groups is 2. The summed E-state index contributed by atoms with van der Waals surface area (Å²) in [7, 11) is 0. The van der Waals surface area contributed by atoms with Gasteiger partial charge in [-0.2, -0.15) is 0 Å². The molecule has 0 radical (unpaired) electrons. The van der Waals surface area contributed by atoms with E-state index in [-0.39, 0.29) is 24.5 Å². The molecule has 0 aliphatic heterocycles. The van der Waals surface area contributed by atoms with Crippen LogP contribution in [0.3, 0.4) is 0 Å². The molecule has 1 saturated carbocycles. The van der Waals surface area contributed by atoms with Gasteiger partial charge in [-0.3, -0.25) is 4.79 Å². The molecule has 1 fully saturated rings. The zero-order chi connectivity index (χ0) is 12.0. The van der Waals surface area contributed by atoms with Gasteiger partial charge in [-0.05, 0) is 19.8 Å². The lowest BCUT2D eigenvalue weighted by atomic mass is 9.83. The summed E-state index contributed by atoms with van der Waals surface area (Å²) in [4.78, 5) is 21.7. The molecule has 0 aromatic rings. The number of hydrogen-bond donors (Lipinski definition) is 3. The summed E-state index contributed by atoms with van der Waals surface area (Å²) in [5, 5.41) is 13.9. The van der Waals surface area contributed by atoms with Crippen molar-refractivity contribution >= 4 is 12.0 Å². The van der Waals surface area contributed by atoms with Gasteiger partial charge in [-0.1, -0.05) is 19.3 Å². The molecule has 1 rings (SSSR count). The van der Waals surface area contributed by atoms with E-state index in [2.05, 4.69) is 10.6 Å². The highest BCUT2D eigenvalue weighted by molar-refractivity contribution is 5.75. The first-order valence-corrected chi connectivity index (χ1v) is 5.80. The Labute approximate surface area is 95.6 Å². The lowest BCUT2D eigenvalue weighted by molar-refractivity contribution is -0.136. The lowest BCUT2D eigenvalue weighted by Gasteiger charge is -2.34. The van der Waals surface area contributed by atoms with Gasteiger partial charge in [0.25, 0.3) is 0 Å². The monoisotopic (exact) mass is 228 g/mol. The highest BCUT2D eigenvalue weighted by atomic mass is 16.4. The average Bonchev–Trinajstić information content (AvgIpc) is 2.17. The second kappa shape index (κ2) is 5.72. The molecule has 1 aliphatic rings. The van der Waals surface area contributed by atoms with Crippen molar-refractivity contribution in [1.82, 2.24) is 10.6 Å². The van der Waals surface area contributed by atoms with E-state index in [4.69, 9.17) is 5.11 Å². The molecule has 1 aliphatic carbocycles. The van der Waals surface area contributed by atoms with Crippen LogP contribution in [0.5, 0.6) is 0 Å². The zero-order valence-electron chi connectivity index (χ0n) is 9.71. The van der Waals surface area contributed by atoms with Crippen LogP contribution < -0.4 is 10.6 Å². The minimum atomic E-state index is -0.899. The van der Waals surface area contributed by atoms with E-state index in [0.29, 0.717) is 0 Å². The van der Waals surface area contributed by atoms with E-state index in [9.17, 15) is 9.59 Å². The Kier molecular flexibility index (Phi) is 4.58. The summed E-state index contributed by atoms with van der Waals surface area (Å²) >= 11 is 0. The standard InChI is InChI=1S/C11H20N2O3/c1-11(6-3-2-4-7-11)13-10(16)12-8-5-9(14)15/h2-8H2,1H3,(H,14,15)(H2,12,13,16). The van der Waals surface area contributed by atoms with E-state index in [0.717, 1.165) is 25.7 Å². The number of amides is 2. The molecule has 5 nitrogen and oxygen atoms in total. The highest BCUT2D eigenvalue weighted by Gasteiger charge is 2.28. The Hall–Kier alpha value is -1.26. The van der Waals surface area contributed by atoms with Gasteiger partial charge >= 0.3 is 12.0 Å². The van der Waals surface area contributed by atoms with Gasteiger partial charge in [0.15, 0.2) is 0 Å². The number of hydrogen-bond acceptors (Lipinski definition) is 2. The largest absolute Gasteiger partial charge is 0.481 e. The lowest BCUT2D eigenvalue weighted by Crippen LogP contribution is -2.51. The van der Waals surface area contributed by atoms with Crippen LogP contribution in [-0.4, -0.2) is 29.2 Å². The van der Waals surface area contributed by atoms with E-state index in [1.807, 2.05) is 6.92 Å². The van der Waals surface area contributed by atoms with Crippen LogP contribution >= 0.6 is 0 Å². The fourth-order valence-electron chi connectivity index (χ4n) is 2.06. The second-order valence-electron chi connectivity index (χ2n) is 4.65. The second-order valence-corrected chi connectivity index (χ2v) is 4.65. The first-order valence-electron chi connectivity index (χ1n) is 5.80. The Bertz CT molecular complexity index is 260. The van der Waals surface area contributed by atoms with Crippen molar-refractivity contribution in [2.75, 3.05) is 6.54 Å². The maximum absolute atomic E-state index is 11.5. The number of carbonyl (C=O) groups excluding carboxylic acids is 1. The van der Waals surface area contributed by atoms with Gasteiger partial charge in [-0.25, -0.2) is 4.79 Å². The van der Waals surface area contributed by atoms with Crippen molar-refractivity contribution in [3.8, 4) is 0 Å². The molecule has 0 saturated heterocycles. The first kappa shape index (κ1) is 12.8. The van der Waals surface area contributed by atoms with Crippen molar-refractivity contribution in [3.05, 3.63) is 0 Å². The highest BCUT2D eigenvalue weighted by Crippen LogP contribution is 2.27. The molecule has 0 aromatic carbocycles. The number of urea groups is 1. The Morgan fingerprint density at radius 1 is 1.25 bits per heavy atom. The van der Waals surface area contributed by atoms with Crippen LogP contribution in [0.1, 0.15) is 45.4 Å². The molecule has 92 valence electrons. The van der Waals surface area contributed by atoms with E-state index >= 15 is 0 Å². The van der Waals surface area contributed by atoms with Crippen LogP contribution in [0.25, 0.3) is 0 Å². The van der Waals surface area contributed by atoms with Gasteiger partial charge < -0.3 is 15.7 Å². The van der Waals surface area contributed by atoms with Crippen LogP contribution in [0.4, 0.5) is 4.79 Å². The van der Waals surface area contributed by atoms with Gasteiger partial charge in [0.2, 0.25) is 0 Å². The molecule has 0 bridgehead atoms. The van der Waals surface area contributed by atoms with Gasteiger partial charge in [-0.15, -0.1) is 0 Å². The first-order chi connectivity index (χ1) is 7.52. The minimum Gasteiger partial charge on any atom is -0.481 e. The number of nitrogens with one attached hydrogen (secondary N) is 2. The molecule has 0 atom stereocenters. The summed E-state index contributed by atoms with van der Waals surface area (Å²) in [6, 6.07) is -0.259. The molecule has 16 heavy (non-hydrogen) atoms. The van der Waals surface area contributed by atoms with Crippen molar-refractivity contribution < 1.29 is 14.7 Å². The van der Waals surface area contributed by atoms with Crippen molar-refractivity contribution in [2.24, 2.45) is 0 Å². The van der Waals surface area contributed by atoms with Crippen molar-refractivity contribution in [3.63, 3.8) is 0 Å². The molecule has 5 heteroatoms. The fourth-order valence-corrected chi connectivity index (χ4v) is 2.06. The van der Waals surface area contributed by atoms with Gasteiger partial charge in [0.05, 0.1) is 6.42 Å². The third-order valence-electron chi connectivity index (χ3n) is 3.00. The molecule has 3 N–H and O–H groups in total. The normalized spacial score (nSPS) is 18.8. The Morgan fingerprint density at radius 2 is 1.88 bits per heavy atom. The summed E-state index contributed by atoms with van der Waals surface area (Å²) < 4.78 is 0. The third-order valence-corrected chi connectivity index (χ3v) is 3.00.